The number of benzene rings is 1. The highest BCUT2D eigenvalue weighted by molar-refractivity contribution is 7.21. The molecule has 0 fully saturated rings. The number of ether oxygens (including phenoxy) is 2. The predicted octanol–water partition coefficient (Wildman–Crippen LogP) is 3.17. The number of anilines is 1. The van der Waals surface area contributed by atoms with E-state index in [-0.39, 0.29) is 5.00 Å². The average molecular weight is 410 g/mol. The molecule has 3 aromatic heterocycles. The van der Waals surface area contributed by atoms with Crippen molar-refractivity contribution in [3.63, 3.8) is 0 Å². The minimum absolute atomic E-state index is 0.0134. The lowest BCUT2D eigenvalue weighted by atomic mass is 10.2. The molecule has 1 aromatic carbocycles. The van der Waals surface area contributed by atoms with Crippen LogP contribution in [0.25, 0.3) is 16.2 Å². The predicted molar refractivity (Wildman–Crippen MR) is 106 cm³/mol. The van der Waals surface area contributed by atoms with E-state index in [2.05, 4.69) is 20.3 Å². The Morgan fingerprint density at radius 1 is 1.21 bits per heavy atom. The fourth-order valence-corrected chi connectivity index (χ4v) is 3.84. The Morgan fingerprint density at radius 3 is 2.86 bits per heavy atom. The van der Waals surface area contributed by atoms with Gasteiger partial charge in [-0.15, -0.1) is 0 Å². The van der Waals surface area contributed by atoms with Crippen LogP contribution in [-0.2, 0) is 6.54 Å². The van der Waals surface area contributed by atoms with Crippen molar-refractivity contribution < 1.29 is 14.4 Å². The number of hydrogen-bond donors (Lipinski definition) is 1. The van der Waals surface area contributed by atoms with Crippen LogP contribution in [-0.4, -0.2) is 37.7 Å². The fourth-order valence-electron chi connectivity index (χ4n) is 3.00. The van der Waals surface area contributed by atoms with Crippen molar-refractivity contribution in [2.24, 2.45) is 0 Å². The summed E-state index contributed by atoms with van der Waals surface area (Å²) in [6, 6.07) is 7.20. The van der Waals surface area contributed by atoms with Crippen LogP contribution >= 0.6 is 11.3 Å². The van der Waals surface area contributed by atoms with Crippen molar-refractivity contribution in [1.29, 1.82) is 0 Å². The van der Waals surface area contributed by atoms with Gasteiger partial charge in [-0.3, -0.25) is 14.7 Å². The Balaban J connectivity index is 1.50. The van der Waals surface area contributed by atoms with E-state index in [0.29, 0.717) is 47.5 Å². The van der Waals surface area contributed by atoms with Crippen molar-refractivity contribution in [1.82, 2.24) is 19.5 Å². The van der Waals surface area contributed by atoms with Crippen LogP contribution in [0.1, 0.15) is 5.56 Å². The molecule has 0 saturated heterocycles. The number of nitrogens with zero attached hydrogens (tertiary/aromatic N) is 5. The molecule has 1 aliphatic heterocycles. The van der Waals surface area contributed by atoms with Crippen LogP contribution < -0.4 is 14.8 Å². The Morgan fingerprint density at radius 2 is 2.07 bits per heavy atom. The van der Waals surface area contributed by atoms with Crippen molar-refractivity contribution >= 4 is 32.4 Å². The molecule has 10 nitrogen and oxygen atoms in total. The minimum atomic E-state index is -0.423. The molecular formula is C18H14N6O4S. The second kappa shape index (κ2) is 7.02. The van der Waals surface area contributed by atoms with E-state index >= 15 is 0 Å². The van der Waals surface area contributed by atoms with Gasteiger partial charge in [-0.2, -0.15) is 4.98 Å². The third kappa shape index (κ3) is 3.31. The zero-order valence-corrected chi connectivity index (χ0v) is 15.8. The molecule has 4 heterocycles. The third-order valence-corrected chi connectivity index (χ3v) is 5.33. The molecule has 5 rings (SSSR count). The first-order valence-corrected chi connectivity index (χ1v) is 9.56. The summed E-state index contributed by atoms with van der Waals surface area (Å²) in [6.45, 7) is 1.51. The molecule has 0 saturated carbocycles. The second-order valence-corrected chi connectivity index (χ2v) is 7.24. The zero-order valence-electron chi connectivity index (χ0n) is 14.9. The van der Waals surface area contributed by atoms with E-state index in [1.807, 2.05) is 18.2 Å². The SMILES string of the molecule is O=[N+]([O-])c1cc2c(NCc3ccc4c(c3)OCCO4)nc(-n3ccnc3)nc2s1. The van der Waals surface area contributed by atoms with Crippen LogP contribution in [0, 0.1) is 10.1 Å². The normalized spacial score (nSPS) is 12.8. The molecule has 0 unspecified atom stereocenters. The Labute approximate surface area is 167 Å². The second-order valence-electron chi connectivity index (χ2n) is 6.23. The number of nitro groups is 1. The number of thiophene rings is 1. The number of nitrogens with one attached hydrogen (secondary N) is 1. The number of hydrogen-bond acceptors (Lipinski definition) is 9. The largest absolute Gasteiger partial charge is 0.486 e. The highest BCUT2D eigenvalue weighted by Gasteiger charge is 2.18. The minimum Gasteiger partial charge on any atom is -0.486 e. The summed E-state index contributed by atoms with van der Waals surface area (Å²) in [5.74, 6) is 2.32. The smallest absolute Gasteiger partial charge is 0.326 e. The molecule has 0 spiro atoms. The first-order chi connectivity index (χ1) is 14.2. The Bertz CT molecular complexity index is 1210. The van der Waals surface area contributed by atoms with Crippen molar-refractivity contribution in [2.45, 2.75) is 6.54 Å². The van der Waals surface area contributed by atoms with Gasteiger partial charge >= 0.3 is 5.00 Å². The van der Waals surface area contributed by atoms with Crippen LogP contribution in [0.2, 0.25) is 0 Å². The van der Waals surface area contributed by atoms with Gasteiger partial charge in [-0.25, -0.2) is 9.97 Å². The quantitative estimate of drug-likeness (QED) is 0.394. The van der Waals surface area contributed by atoms with E-state index < -0.39 is 4.92 Å². The van der Waals surface area contributed by atoms with E-state index in [0.717, 1.165) is 22.6 Å². The third-order valence-electron chi connectivity index (χ3n) is 4.35. The number of fused-ring (bicyclic) bond motifs is 2. The molecule has 1 aliphatic rings. The molecular weight excluding hydrogens is 396 g/mol. The molecule has 0 amide bonds. The van der Waals surface area contributed by atoms with E-state index in [4.69, 9.17) is 9.47 Å². The van der Waals surface area contributed by atoms with Gasteiger partial charge in [0.25, 0.3) is 0 Å². The first-order valence-electron chi connectivity index (χ1n) is 8.74. The molecule has 4 aromatic rings. The Hall–Kier alpha value is -3.73. The molecule has 0 radical (unpaired) electrons. The number of rotatable bonds is 5. The summed E-state index contributed by atoms with van der Waals surface area (Å²) in [5, 5.41) is 15.1. The fraction of sp³-hybridized carbons (Fsp3) is 0.167. The molecule has 11 heteroatoms. The highest BCUT2D eigenvalue weighted by Crippen LogP contribution is 2.35. The monoisotopic (exact) mass is 410 g/mol. The lowest BCUT2D eigenvalue weighted by Crippen LogP contribution is -2.15. The van der Waals surface area contributed by atoms with E-state index in [1.54, 1.807) is 23.3 Å². The Kier molecular flexibility index (Phi) is 4.21. The van der Waals surface area contributed by atoms with Gasteiger partial charge in [-0.05, 0) is 29.0 Å². The molecule has 0 atom stereocenters. The van der Waals surface area contributed by atoms with Gasteiger partial charge in [0, 0.05) is 25.0 Å². The van der Waals surface area contributed by atoms with E-state index in [1.165, 1.54) is 6.07 Å². The summed E-state index contributed by atoms with van der Waals surface area (Å²) in [7, 11) is 0. The molecule has 0 aliphatic carbocycles. The summed E-state index contributed by atoms with van der Waals surface area (Å²) < 4.78 is 12.8. The average Bonchev–Trinajstić information content (AvgIpc) is 3.41. The summed E-state index contributed by atoms with van der Waals surface area (Å²) >= 11 is 1.01. The van der Waals surface area contributed by atoms with Gasteiger partial charge in [0.05, 0.1) is 10.3 Å². The van der Waals surface area contributed by atoms with Crippen molar-refractivity contribution in [3.05, 3.63) is 58.7 Å². The van der Waals surface area contributed by atoms with Gasteiger partial charge in [0.1, 0.15) is 30.2 Å². The van der Waals surface area contributed by atoms with Gasteiger partial charge < -0.3 is 14.8 Å². The summed E-state index contributed by atoms with van der Waals surface area (Å²) in [6.07, 6.45) is 4.91. The summed E-state index contributed by atoms with van der Waals surface area (Å²) in [4.78, 5) is 24.3. The standard InChI is InChI=1S/C18H14N6O4S/c25-24(26)15-8-12-16(21-18(22-17(12)29-15)23-4-3-19-10-23)20-9-11-1-2-13-14(7-11)28-6-5-27-13/h1-4,7-8,10H,5-6,9H2,(H,20,21,22). The molecule has 0 bridgehead atoms. The molecule has 146 valence electrons. The molecule has 1 N–H and O–H groups in total. The maximum Gasteiger partial charge on any atom is 0.326 e. The van der Waals surface area contributed by atoms with E-state index in [9.17, 15) is 10.1 Å². The molecule has 29 heavy (non-hydrogen) atoms. The van der Waals surface area contributed by atoms with Crippen LogP contribution in [0.3, 0.4) is 0 Å². The maximum absolute atomic E-state index is 11.2. The summed E-state index contributed by atoms with van der Waals surface area (Å²) in [5.41, 5.74) is 0.968. The van der Waals surface area contributed by atoms with Gasteiger partial charge in [0.2, 0.25) is 5.95 Å². The van der Waals surface area contributed by atoms with Crippen molar-refractivity contribution in [2.75, 3.05) is 18.5 Å². The number of aromatic nitrogens is 4. The van der Waals surface area contributed by atoms with Crippen LogP contribution in [0.4, 0.5) is 10.8 Å². The highest BCUT2D eigenvalue weighted by atomic mass is 32.1. The van der Waals surface area contributed by atoms with Crippen molar-refractivity contribution in [3.8, 4) is 17.4 Å². The zero-order chi connectivity index (χ0) is 19.8. The van der Waals surface area contributed by atoms with Gasteiger partial charge in [-0.1, -0.05) is 6.07 Å². The van der Waals surface area contributed by atoms with Crippen LogP contribution in [0.15, 0.2) is 43.0 Å². The lowest BCUT2D eigenvalue weighted by Gasteiger charge is -2.19. The first kappa shape index (κ1) is 17.4. The maximum atomic E-state index is 11.2. The number of imidazole rings is 1. The van der Waals surface area contributed by atoms with Crippen LogP contribution in [0.5, 0.6) is 11.5 Å². The topological polar surface area (TPSA) is 117 Å². The van der Waals surface area contributed by atoms with Gasteiger partial charge in [0.15, 0.2) is 11.5 Å². The lowest BCUT2D eigenvalue weighted by molar-refractivity contribution is -0.380.